The molecule has 126 valence electrons. The summed E-state index contributed by atoms with van der Waals surface area (Å²) in [5, 5.41) is 2.96. The highest BCUT2D eigenvalue weighted by atomic mass is 32.2. The molecule has 2 bridgehead atoms. The van der Waals surface area contributed by atoms with Gasteiger partial charge in [0.25, 0.3) is 0 Å². The molecule has 1 aromatic rings. The largest absolute Gasteiger partial charge is 0.352 e. The first-order chi connectivity index (χ1) is 10.9. The fraction of sp³-hybridized carbons (Fsp3) is 0.588. The number of hydrogen-bond acceptors (Lipinski definition) is 3. The van der Waals surface area contributed by atoms with Crippen LogP contribution in [0.4, 0.5) is 0 Å². The van der Waals surface area contributed by atoms with Crippen LogP contribution in [-0.4, -0.2) is 32.7 Å². The van der Waals surface area contributed by atoms with Crippen molar-refractivity contribution < 1.29 is 13.2 Å². The van der Waals surface area contributed by atoms with E-state index in [1.807, 2.05) is 0 Å². The maximum Gasteiger partial charge on any atom is 0.242 e. The average Bonchev–Trinajstić information content (AvgIpc) is 3.15. The first kappa shape index (κ1) is 16.5. The number of carbonyl (C=O) groups is 1. The van der Waals surface area contributed by atoms with Crippen LogP contribution in [0.5, 0.6) is 0 Å². The lowest BCUT2D eigenvalue weighted by Crippen LogP contribution is -2.34. The van der Waals surface area contributed by atoms with E-state index in [9.17, 15) is 13.2 Å². The zero-order valence-corrected chi connectivity index (χ0v) is 14.5. The van der Waals surface area contributed by atoms with Gasteiger partial charge in [0, 0.05) is 26.6 Å². The molecule has 5 nitrogen and oxygen atoms in total. The maximum absolute atomic E-state index is 12.4. The second kappa shape index (κ2) is 6.24. The van der Waals surface area contributed by atoms with Gasteiger partial charge in [-0.25, -0.2) is 12.7 Å². The van der Waals surface area contributed by atoms with Crippen LogP contribution < -0.4 is 5.32 Å². The van der Waals surface area contributed by atoms with Crippen molar-refractivity contribution in [2.75, 3.05) is 14.1 Å². The molecule has 0 saturated heterocycles. The molecule has 2 fully saturated rings. The van der Waals surface area contributed by atoms with Gasteiger partial charge in [0.15, 0.2) is 0 Å². The molecule has 3 atom stereocenters. The van der Waals surface area contributed by atoms with Crippen molar-refractivity contribution in [3.8, 4) is 0 Å². The minimum absolute atomic E-state index is 0.0780. The molecule has 0 unspecified atom stereocenters. The number of sulfonamides is 1. The molecule has 2 aliphatic carbocycles. The van der Waals surface area contributed by atoms with E-state index < -0.39 is 10.0 Å². The number of nitrogens with zero attached hydrogens (tertiary/aromatic N) is 1. The van der Waals surface area contributed by atoms with E-state index in [1.165, 1.54) is 31.2 Å². The summed E-state index contributed by atoms with van der Waals surface area (Å²) in [5.74, 6) is 1.44. The number of fused-ring (bicyclic) bond motifs is 2. The van der Waals surface area contributed by atoms with Gasteiger partial charge < -0.3 is 5.32 Å². The number of rotatable bonds is 5. The van der Waals surface area contributed by atoms with Crippen molar-refractivity contribution in [3.05, 3.63) is 29.8 Å². The van der Waals surface area contributed by atoms with Crippen LogP contribution in [0.2, 0.25) is 0 Å². The Kier molecular flexibility index (Phi) is 4.47. The Morgan fingerprint density at radius 1 is 1.22 bits per heavy atom. The Morgan fingerprint density at radius 3 is 2.57 bits per heavy atom. The summed E-state index contributed by atoms with van der Waals surface area (Å²) in [4.78, 5) is 12.7. The number of nitrogens with one attached hydrogen (secondary N) is 1. The van der Waals surface area contributed by atoms with Gasteiger partial charge in [0.05, 0.1) is 4.90 Å². The Morgan fingerprint density at radius 2 is 1.96 bits per heavy atom. The van der Waals surface area contributed by atoms with Crippen LogP contribution in [-0.2, 0) is 21.4 Å². The lowest BCUT2D eigenvalue weighted by molar-refractivity contribution is -0.126. The average molecular weight is 336 g/mol. The first-order valence-corrected chi connectivity index (χ1v) is 9.61. The van der Waals surface area contributed by atoms with Gasteiger partial charge in [-0.2, -0.15) is 0 Å². The number of carbonyl (C=O) groups excluding carboxylic acids is 1. The molecule has 0 heterocycles. The van der Waals surface area contributed by atoms with Gasteiger partial charge in [-0.3, -0.25) is 4.79 Å². The normalized spacial score (nSPS) is 26.7. The Balaban J connectivity index is 1.70. The zero-order valence-electron chi connectivity index (χ0n) is 13.7. The summed E-state index contributed by atoms with van der Waals surface area (Å²) >= 11 is 0. The van der Waals surface area contributed by atoms with Gasteiger partial charge >= 0.3 is 0 Å². The Hall–Kier alpha value is -1.40. The third-order valence-electron chi connectivity index (χ3n) is 5.26. The molecular weight excluding hydrogens is 312 g/mol. The van der Waals surface area contributed by atoms with Crippen LogP contribution in [0.1, 0.15) is 31.2 Å². The molecule has 1 N–H and O–H groups in total. The van der Waals surface area contributed by atoms with Crippen molar-refractivity contribution in [1.82, 2.24) is 9.62 Å². The van der Waals surface area contributed by atoms with Gasteiger partial charge in [-0.05, 0) is 42.7 Å². The summed E-state index contributed by atoms with van der Waals surface area (Å²) in [6, 6.07) is 6.86. The molecule has 0 aliphatic heterocycles. The minimum Gasteiger partial charge on any atom is -0.352 e. The molecule has 3 rings (SSSR count). The van der Waals surface area contributed by atoms with E-state index >= 15 is 0 Å². The van der Waals surface area contributed by atoms with Crippen molar-refractivity contribution in [1.29, 1.82) is 0 Å². The molecule has 0 radical (unpaired) electrons. The van der Waals surface area contributed by atoms with Crippen LogP contribution in [0.3, 0.4) is 0 Å². The van der Waals surface area contributed by atoms with E-state index in [0.29, 0.717) is 11.5 Å². The van der Waals surface area contributed by atoms with Gasteiger partial charge in [0.1, 0.15) is 0 Å². The number of hydrogen-bond donors (Lipinski definition) is 1. The fourth-order valence-corrected chi connectivity index (χ4v) is 5.09. The lowest BCUT2D eigenvalue weighted by Gasteiger charge is -2.21. The van der Waals surface area contributed by atoms with E-state index in [2.05, 4.69) is 5.32 Å². The molecule has 0 spiro atoms. The Labute approximate surface area is 138 Å². The van der Waals surface area contributed by atoms with E-state index in [-0.39, 0.29) is 23.3 Å². The molecule has 1 aromatic carbocycles. The van der Waals surface area contributed by atoms with Crippen LogP contribution >= 0.6 is 0 Å². The molecule has 2 aliphatic rings. The smallest absolute Gasteiger partial charge is 0.242 e. The summed E-state index contributed by atoms with van der Waals surface area (Å²) in [6.07, 6.45) is 4.60. The third kappa shape index (κ3) is 3.15. The van der Waals surface area contributed by atoms with Crippen LogP contribution in [0.25, 0.3) is 0 Å². The van der Waals surface area contributed by atoms with Crippen LogP contribution in [0.15, 0.2) is 29.2 Å². The third-order valence-corrected chi connectivity index (χ3v) is 7.17. The molecule has 23 heavy (non-hydrogen) atoms. The van der Waals surface area contributed by atoms with E-state index in [1.54, 1.807) is 24.3 Å². The predicted molar refractivity (Wildman–Crippen MR) is 88.1 cm³/mol. The van der Waals surface area contributed by atoms with Crippen molar-refractivity contribution in [2.24, 2.45) is 17.8 Å². The number of benzene rings is 1. The second-order valence-corrected chi connectivity index (χ2v) is 9.01. The summed E-state index contributed by atoms with van der Waals surface area (Å²) in [5.41, 5.74) is 0.637. The summed E-state index contributed by atoms with van der Waals surface area (Å²) in [7, 11) is -0.473. The Bertz CT molecular complexity index is 700. The van der Waals surface area contributed by atoms with Gasteiger partial charge in [0.2, 0.25) is 15.9 Å². The predicted octanol–water partition coefficient (Wildman–Crippen LogP) is 1.99. The maximum atomic E-state index is 12.4. The van der Waals surface area contributed by atoms with E-state index in [0.717, 1.165) is 18.8 Å². The van der Waals surface area contributed by atoms with Gasteiger partial charge in [-0.1, -0.05) is 24.6 Å². The van der Waals surface area contributed by atoms with Gasteiger partial charge in [-0.15, -0.1) is 0 Å². The first-order valence-electron chi connectivity index (χ1n) is 8.17. The van der Waals surface area contributed by atoms with Crippen molar-refractivity contribution in [2.45, 2.75) is 37.1 Å². The highest BCUT2D eigenvalue weighted by molar-refractivity contribution is 7.89. The fourth-order valence-electron chi connectivity index (χ4n) is 3.98. The topological polar surface area (TPSA) is 66.5 Å². The highest BCUT2D eigenvalue weighted by Gasteiger charge is 2.42. The van der Waals surface area contributed by atoms with Crippen LogP contribution in [0, 0.1) is 17.8 Å². The monoisotopic (exact) mass is 336 g/mol. The molecule has 1 amide bonds. The van der Waals surface area contributed by atoms with Crippen molar-refractivity contribution >= 4 is 15.9 Å². The standard InChI is InChI=1S/C17H24N2O3S/c1-19(2)23(21,22)16-6-4-3-5-14(16)11-18-17(20)15-10-12-7-8-13(15)9-12/h3-6,12-13,15H,7-11H2,1-2H3,(H,18,20)/t12-,13+,15-/m0/s1. The zero-order chi connectivity index (χ0) is 16.6. The summed E-state index contributed by atoms with van der Waals surface area (Å²) in [6.45, 7) is 0.260. The van der Waals surface area contributed by atoms with E-state index in [4.69, 9.17) is 0 Å². The molecule has 2 saturated carbocycles. The molecule has 0 aromatic heterocycles. The lowest BCUT2D eigenvalue weighted by atomic mass is 9.88. The summed E-state index contributed by atoms with van der Waals surface area (Å²) < 4.78 is 25.9. The molecular formula is C17H24N2O3S. The highest BCUT2D eigenvalue weighted by Crippen LogP contribution is 2.48. The minimum atomic E-state index is -3.50. The SMILES string of the molecule is CN(C)S(=O)(=O)c1ccccc1CNC(=O)[C@H]1C[C@H]2CC[C@@H]1C2. The molecule has 6 heteroatoms. The quantitative estimate of drug-likeness (QED) is 0.894. The second-order valence-electron chi connectivity index (χ2n) is 6.89. The number of amides is 1. The van der Waals surface area contributed by atoms with Crippen molar-refractivity contribution in [3.63, 3.8) is 0 Å².